The molecule has 0 radical (unpaired) electrons. The first-order valence-corrected chi connectivity index (χ1v) is 6.42. The van der Waals surface area contributed by atoms with Gasteiger partial charge in [-0.3, -0.25) is 4.57 Å². The quantitative estimate of drug-likeness (QED) is 0.850. The Hall–Kier alpha value is -2.37. The summed E-state index contributed by atoms with van der Waals surface area (Å²) in [6, 6.07) is 4.61. The Labute approximate surface area is 122 Å². The summed E-state index contributed by atoms with van der Waals surface area (Å²) in [6.07, 6.45) is 2.06. The van der Waals surface area contributed by atoms with Crippen LogP contribution in [0.3, 0.4) is 0 Å². The zero-order valence-corrected chi connectivity index (χ0v) is 12.4. The predicted molar refractivity (Wildman–Crippen MR) is 75.8 cm³/mol. The van der Waals surface area contributed by atoms with E-state index in [0.29, 0.717) is 11.3 Å². The molecule has 0 aromatic carbocycles. The number of nitrogens with zero attached hydrogens (tertiary/aromatic N) is 2. The van der Waals surface area contributed by atoms with Crippen molar-refractivity contribution in [2.45, 2.75) is 26.4 Å². The van der Waals surface area contributed by atoms with Gasteiger partial charge >= 0.3 is 6.09 Å². The Kier molecular flexibility index (Phi) is 3.97. The molecule has 2 rings (SSSR count). The molecular weight excluding hydrogens is 275 g/mol. The highest BCUT2D eigenvalue weighted by Gasteiger charge is 2.21. The molecule has 5 nitrogen and oxygen atoms in total. The van der Waals surface area contributed by atoms with Crippen molar-refractivity contribution in [1.29, 1.82) is 0 Å². The molecule has 0 aliphatic heterocycles. The van der Waals surface area contributed by atoms with Gasteiger partial charge in [0.1, 0.15) is 11.4 Å². The fourth-order valence-corrected chi connectivity index (χ4v) is 1.84. The molecule has 0 unspecified atom stereocenters. The van der Waals surface area contributed by atoms with Crippen molar-refractivity contribution in [3.05, 3.63) is 36.4 Å². The van der Waals surface area contributed by atoms with Crippen LogP contribution in [0, 0.1) is 5.82 Å². The first-order valence-electron chi connectivity index (χ1n) is 6.42. The van der Waals surface area contributed by atoms with Crippen molar-refractivity contribution in [2.24, 2.45) is 0 Å². The lowest BCUT2D eigenvalue weighted by molar-refractivity contribution is 0.0540. The fourth-order valence-electron chi connectivity index (χ4n) is 1.84. The minimum absolute atomic E-state index is 0.236. The molecule has 2 heterocycles. The molecule has 0 N–H and O–H groups in total. The Morgan fingerprint density at radius 2 is 2.10 bits per heavy atom. The normalized spacial score (nSPS) is 11.3. The molecule has 2 aromatic heterocycles. The Bertz CT molecular complexity index is 659. The van der Waals surface area contributed by atoms with Gasteiger partial charge in [-0.25, -0.2) is 14.2 Å². The van der Waals surface area contributed by atoms with E-state index < -0.39 is 17.5 Å². The van der Waals surface area contributed by atoms with E-state index in [2.05, 4.69) is 4.98 Å². The summed E-state index contributed by atoms with van der Waals surface area (Å²) in [5.41, 5.74) is 0.213. The minimum Gasteiger partial charge on any atom is -0.481 e. The molecule has 6 heteroatoms. The highest BCUT2D eigenvalue weighted by Crippen LogP contribution is 2.29. The summed E-state index contributed by atoms with van der Waals surface area (Å²) < 4.78 is 25.2. The predicted octanol–water partition coefficient (Wildman–Crippen LogP) is 3.48. The number of hydrogen-bond acceptors (Lipinski definition) is 4. The molecular formula is C15H17FN2O3. The van der Waals surface area contributed by atoms with Gasteiger partial charge in [-0.1, -0.05) is 0 Å². The number of carbonyl (C=O) groups excluding carboxylic acids is 1. The molecule has 0 amide bonds. The first-order chi connectivity index (χ1) is 9.81. The molecule has 0 spiro atoms. The van der Waals surface area contributed by atoms with E-state index in [1.54, 1.807) is 39.1 Å². The third-order valence-corrected chi connectivity index (χ3v) is 2.63. The van der Waals surface area contributed by atoms with E-state index >= 15 is 0 Å². The Balaban J connectivity index is 2.46. The van der Waals surface area contributed by atoms with Crippen LogP contribution in [-0.4, -0.2) is 28.4 Å². The van der Waals surface area contributed by atoms with Crippen LogP contribution in [0.4, 0.5) is 9.18 Å². The molecule has 0 saturated heterocycles. The summed E-state index contributed by atoms with van der Waals surface area (Å²) >= 11 is 0. The van der Waals surface area contributed by atoms with Crippen molar-refractivity contribution in [2.75, 3.05) is 7.11 Å². The number of ether oxygens (including phenoxy) is 2. The Morgan fingerprint density at radius 3 is 2.71 bits per heavy atom. The number of hydrogen-bond donors (Lipinski definition) is 0. The third kappa shape index (κ3) is 3.39. The monoisotopic (exact) mass is 292 g/mol. The largest absolute Gasteiger partial charge is 0.481 e. The second-order valence-electron chi connectivity index (χ2n) is 5.45. The topological polar surface area (TPSA) is 53.4 Å². The average molecular weight is 292 g/mol. The highest BCUT2D eigenvalue weighted by molar-refractivity contribution is 5.80. The second-order valence-corrected chi connectivity index (χ2v) is 5.45. The minimum atomic E-state index is -0.622. The van der Waals surface area contributed by atoms with Gasteiger partial charge in [-0.05, 0) is 39.0 Å². The van der Waals surface area contributed by atoms with E-state index in [9.17, 15) is 9.18 Å². The van der Waals surface area contributed by atoms with Crippen LogP contribution < -0.4 is 4.74 Å². The zero-order chi connectivity index (χ0) is 15.6. The third-order valence-electron chi connectivity index (χ3n) is 2.63. The van der Waals surface area contributed by atoms with Gasteiger partial charge in [0.25, 0.3) is 0 Å². The van der Waals surface area contributed by atoms with Crippen LogP contribution in [0.15, 0.2) is 30.6 Å². The zero-order valence-electron chi connectivity index (χ0n) is 12.4. The van der Waals surface area contributed by atoms with Gasteiger partial charge in [-0.2, -0.15) is 0 Å². The van der Waals surface area contributed by atoms with Gasteiger partial charge in [0, 0.05) is 6.20 Å². The van der Waals surface area contributed by atoms with Crippen LogP contribution in [0.2, 0.25) is 0 Å². The molecule has 21 heavy (non-hydrogen) atoms. The number of pyridine rings is 1. The van der Waals surface area contributed by atoms with Crippen molar-refractivity contribution < 1.29 is 18.7 Å². The van der Waals surface area contributed by atoms with Gasteiger partial charge < -0.3 is 9.47 Å². The summed E-state index contributed by atoms with van der Waals surface area (Å²) in [7, 11) is 1.44. The first kappa shape index (κ1) is 15.0. The van der Waals surface area contributed by atoms with E-state index in [4.69, 9.17) is 9.47 Å². The molecule has 0 aliphatic rings. The van der Waals surface area contributed by atoms with Gasteiger partial charge in [0.2, 0.25) is 5.88 Å². The number of carbonyl (C=O) groups is 1. The smallest absolute Gasteiger partial charge is 0.418 e. The van der Waals surface area contributed by atoms with Gasteiger partial charge in [0.15, 0.2) is 0 Å². The fraction of sp³-hybridized carbons (Fsp3) is 0.333. The lowest BCUT2D eigenvalue weighted by Gasteiger charge is -2.20. The number of halogens is 1. The van der Waals surface area contributed by atoms with E-state index in [0.717, 1.165) is 6.20 Å². The Morgan fingerprint density at radius 1 is 1.38 bits per heavy atom. The molecule has 0 aliphatic carbocycles. The van der Waals surface area contributed by atoms with E-state index in [1.165, 1.54) is 17.7 Å². The van der Waals surface area contributed by atoms with Crippen LogP contribution >= 0.6 is 0 Å². The average Bonchev–Trinajstić information content (AvgIpc) is 2.85. The second kappa shape index (κ2) is 5.55. The van der Waals surface area contributed by atoms with Crippen LogP contribution in [0.1, 0.15) is 20.8 Å². The maximum atomic E-state index is 13.4. The molecule has 0 atom stereocenters. The lowest BCUT2D eigenvalue weighted by Crippen LogP contribution is -2.27. The van der Waals surface area contributed by atoms with Crippen LogP contribution in [0.5, 0.6) is 5.88 Å². The number of methoxy groups -OCH3 is 1. The molecule has 0 saturated carbocycles. The highest BCUT2D eigenvalue weighted by atomic mass is 19.1. The van der Waals surface area contributed by atoms with Crippen LogP contribution in [-0.2, 0) is 4.74 Å². The molecule has 0 bridgehead atoms. The molecule has 112 valence electrons. The number of aromatic nitrogens is 2. The van der Waals surface area contributed by atoms with Crippen molar-refractivity contribution in [3.63, 3.8) is 0 Å². The molecule has 0 fully saturated rings. The summed E-state index contributed by atoms with van der Waals surface area (Å²) in [4.78, 5) is 16.1. The lowest BCUT2D eigenvalue weighted by atomic mass is 10.2. The summed E-state index contributed by atoms with van der Waals surface area (Å²) in [5.74, 6) is -0.275. The van der Waals surface area contributed by atoms with Crippen molar-refractivity contribution >= 4 is 6.09 Å². The van der Waals surface area contributed by atoms with Gasteiger partial charge in [0.05, 0.1) is 24.6 Å². The number of rotatable bonds is 2. The van der Waals surface area contributed by atoms with E-state index in [1.807, 2.05) is 0 Å². The van der Waals surface area contributed by atoms with Gasteiger partial charge in [-0.15, -0.1) is 0 Å². The summed E-state index contributed by atoms with van der Waals surface area (Å²) in [6.45, 7) is 5.33. The van der Waals surface area contributed by atoms with Crippen molar-refractivity contribution in [3.8, 4) is 17.1 Å². The summed E-state index contributed by atoms with van der Waals surface area (Å²) in [5, 5.41) is 0. The van der Waals surface area contributed by atoms with Crippen molar-refractivity contribution in [1.82, 2.24) is 9.55 Å². The maximum Gasteiger partial charge on any atom is 0.418 e. The standard InChI is InChI=1S/C15H17FN2O3/c1-15(2,3)21-14(19)18-7-5-6-12(18)11-8-10(16)9-17-13(11)20-4/h5-9H,1-4H3. The molecule has 2 aromatic rings. The van der Waals surface area contributed by atoms with E-state index in [-0.39, 0.29) is 5.88 Å². The SMILES string of the molecule is COc1ncc(F)cc1-c1cccn1C(=O)OC(C)(C)C. The maximum absolute atomic E-state index is 13.4. The van der Waals surface area contributed by atoms with Crippen LogP contribution in [0.25, 0.3) is 11.3 Å².